The second kappa shape index (κ2) is 7.83. The van der Waals surface area contributed by atoms with Crippen LogP contribution < -0.4 is 0 Å². The van der Waals surface area contributed by atoms with E-state index >= 15 is 0 Å². The van der Waals surface area contributed by atoms with Crippen LogP contribution in [0.1, 0.15) is 22.9 Å². The van der Waals surface area contributed by atoms with E-state index in [2.05, 4.69) is 45.3 Å². The third-order valence-electron chi connectivity index (χ3n) is 4.31. The molecule has 7 nitrogen and oxygen atoms in total. The van der Waals surface area contributed by atoms with Crippen LogP contribution in [0.15, 0.2) is 24.5 Å². The number of aryl methyl sites for hydroxylation is 1. The Kier molecular flexibility index (Phi) is 5.55. The fourth-order valence-corrected chi connectivity index (χ4v) is 3.17. The number of pyridine rings is 1. The molecule has 0 aromatic carbocycles. The first-order valence-electron chi connectivity index (χ1n) is 8.35. The van der Waals surface area contributed by atoms with E-state index in [1.54, 1.807) is 0 Å². The van der Waals surface area contributed by atoms with Gasteiger partial charge < -0.3 is 9.64 Å². The highest BCUT2D eigenvalue weighted by Gasteiger charge is 2.30. The molecule has 2 aromatic rings. The van der Waals surface area contributed by atoms with Crippen molar-refractivity contribution in [3.63, 3.8) is 0 Å². The molecular formula is C17H26N6O. The molecule has 24 heavy (non-hydrogen) atoms. The number of aromatic nitrogens is 4. The second-order valence-corrected chi connectivity index (χ2v) is 6.65. The topological polar surface area (TPSA) is 59.3 Å². The molecule has 1 aliphatic rings. The van der Waals surface area contributed by atoms with Gasteiger partial charge in [0.05, 0.1) is 18.9 Å². The molecule has 0 bridgehead atoms. The minimum atomic E-state index is 0.299. The van der Waals surface area contributed by atoms with Crippen LogP contribution in [0.3, 0.4) is 0 Å². The molecule has 1 unspecified atom stereocenters. The summed E-state index contributed by atoms with van der Waals surface area (Å²) in [6.07, 6.45) is 3.73. The summed E-state index contributed by atoms with van der Waals surface area (Å²) in [5.41, 5.74) is 3.49. The first-order chi connectivity index (χ1) is 11.6. The van der Waals surface area contributed by atoms with Gasteiger partial charge in [-0.1, -0.05) is 11.3 Å². The van der Waals surface area contributed by atoms with Gasteiger partial charge in [0, 0.05) is 51.5 Å². The van der Waals surface area contributed by atoms with E-state index in [-0.39, 0.29) is 0 Å². The van der Waals surface area contributed by atoms with E-state index < -0.39 is 0 Å². The summed E-state index contributed by atoms with van der Waals surface area (Å²) < 4.78 is 7.81. The molecule has 0 N–H and O–H groups in total. The number of fused-ring (bicyclic) bond motifs is 1. The van der Waals surface area contributed by atoms with Crippen LogP contribution in [0.2, 0.25) is 0 Å². The van der Waals surface area contributed by atoms with Gasteiger partial charge in [-0.3, -0.25) is 14.6 Å². The van der Waals surface area contributed by atoms with E-state index in [4.69, 9.17) is 4.74 Å². The molecule has 0 spiro atoms. The zero-order valence-electron chi connectivity index (χ0n) is 14.7. The van der Waals surface area contributed by atoms with Gasteiger partial charge in [-0.05, 0) is 25.7 Å². The Balaban J connectivity index is 1.66. The number of hydrogen-bond donors (Lipinski definition) is 0. The molecule has 1 atom stereocenters. The Hall–Kier alpha value is -1.83. The molecule has 0 saturated carbocycles. The van der Waals surface area contributed by atoms with Crippen LogP contribution in [0.4, 0.5) is 0 Å². The quantitative estimate of drug-likeness (QED) is 0.703. The summed E-state index contributed by atoms with van der Waals surface area (Å²) >= 11 is 0. The average Bonchev–Trinajstić information content (AvgIpc) is 2.93. The van der Waals surface area contributed by atoms with Gasteiger partial charge in [-0.25, -0.2) is 0 Å². The lowest BCUT2D eigenvalue weighted by Crippen LogP contribution is -2.36. The monoisotopic (exact) mass is 330 g/mol. The Morgan fingerprint density at radius 3 is 3.00 bits per heavy atom. The van der Waals surface area contributed by atoms with Crippen molar-refractivity contribution in [2.75, 3.05) is 40.4 Å². The molecule has 0 amide bonds. The summed E-state index contributed by atoms with van der Waals surface area (Å²) in [4.78, 5) is 8.74. The minimum absolute atomic E-state index is 0.299. The van der Waals surface area contributed by atoms with Crippen LogP contribution in [0.5, 0.6) is 0 Å². The van der Waals surface area contributed by atoms with Gasteiger partial charge in [0.2, 0.25) is 0 Å². The molecule has 3 rings (SSSR count). The number of likely N-dealkylation sites (N-methyl/N-ethyl adjacent to an activating group) is 1. The fourth-order valence-electron chi connectivity index (χ4n) is 3.17. The van der Waals surface area contributed by atoms with Crippen LogP contribution in [0.25, 0.3) is 0 Å². The van der Waals surface area contributed by atoms with E-state index in [9.17, 15) is 0 Å². The third kappa shape index (κ3) is 4.17. The normalized spacial score (nSPS) is 18.1. The molecule has 0 radical (unpaired) electrons. The van der Waals surface area contributed by atoms with Crippen molar-refractivity contribution in [3.8, 4) is 0 Å². The molecule has 7 heteroatoms. The van der Waals surface area contributed by atoms with Crippen molar-refractivity contribution in [1.82, 2.24) is 29.8 Å². The highest BCUT2D eigenvalue weighted by molar-refractivity contribution is 5.20. The molecule has 130 valence electrons. The van der Waals surface area contributed by atoms with Crippen molar-refractivity contribution in [1.29, 1.82) is 0 Å². The summed E-state index contributed by atoms with van der Waals surface area (Å²) in [6.45, 7) is 5.02. The maximum absolute atomic E-state index is 5.91. The van der Waals surface area contributed by atoms with Crippen molar-refractivity contribution in [2.24, 2.45) is 7.05 Å². The molecule has 3 heterocycles. The Morgan fingerprint density at radius 1 is 1.38 bits per heavy atom. The smallest absolute Gasteiger partial charge is 0.100 e. The maximum Gasteiger partial charge on any atom is 0.100 e. The Morgan fingerprint density at radius 2 is 2.25 bits per heavy atom. The second-order valence-electron chi connectivity index (χ2n) is 6.65. The van der Waals surface area contributed by atoms with Crippen molar-refractivity contribution >= 4 is 0 Å². The van der Waals surface area contributed by atoms with Crippen LogP contribution >= 0.6 is 0 Å². The molecule has 0 aliphatic carbocycles. The lowest BCUT2D eigenvalue weighted by molar-refractivity contribution is 0.0834. The first-order valence-corrected chi connectivity index (χ1v) is 8.35. The van der Waals surface area contributed by atoms with E-state index in [1.165, 1.54) is 11.3 Å². The summed E-state index contributed by atoms with van der Waals surface area (Å²) in [5.74, 6) is 0.299. The van der Waals surface area contributed by atoms with Crippen LogP contribution in [-0.2, 0) is 24.9 Å². The zero-order chi connectivity index (χ0) is 16.9. The van der Waals surface area contributed by atoms with Gasteiger partial charge in [0.1, 0.15) is 5.69 Å². The molecule has 0 saturated heterocycles. The first kappa shape index (κ1) is 17.0. The maximum atomic E-state index is 5.91. The largest absolute Gasteiger partial charge is 0.379 e. The standard InChI is InChI=1S/C17H26N6O/c1-21(2)7-8-24-13-15-11-23(10-14-5-4-6-18-9-14)12-16-17(15)22(3)20-19-16/h4-6,9,15H,7-8,10-13H2,1-3H3. The lowest BCUT2D eigenvalue weighted by atomic mass is 9.98. The fraction of sp³-hybridized carbons (Fsp3) is 0.588. The van der Waals surface area contributed by atoms with Crippen molar-refractivity contribution in [2.45, 2.75) is 19.0 Å². The summed E-state index contributed by atoms with van der Waals surface area (Å²) in [7, 11) is 6.08. The van der Waals surface area contributed by atoms with Crippen molar-refractivity contribution < 1.29 is 4.74 Å². The van der Waals surface area contributed by atoms with Gasteiger partial charge in [0.15, 0.2) is 0 Å². The van der Waals surface area contributed by atoms with Crippen LogP contribution in [0, 0.1) is 0 Å². The minimum Gasteiger partial charge on any atom is -0.379 e. The lowest BCUT2D eigenvalue weighted by Gasteiger charge is -2.32. The number of nitrogens with zero attached hydrogens (tertiary/aromatic N) is 6. The van der Waals surface area contributed by atoms with Crippen molar-refractivity contribution in [3.05, 3.63) is 41.5 Å². The highest BCUT2D eigenvalue weighted by Crippen LogP contribution is 2.27. The number of rotatable bonds is 7. The van der Waals surface area contributed by atoms with E-state index in [1.807, 2.05) is 30.2 Å². The number of hydrogen-bond acceptors (Lipinski definition) is 6. The van der Waals surface area contributed by atoms with Crippen LogP contribution in [-0.4, -0.2) is 70.2 Å². The Bertz CT molecular complexity index is 642. The summed E-state index contributed by atoms with van der Waals surface area (Å²) in [6, 6.07) is 4.09. The predicted molar refractivity (Wildman–Crippen MR) is 91.5 cm³/mol. The average molecular weight is 330 g/mol. The van der Waals surface area contributed by atoms with Gasteiger partial charge >= 0.3 is 0 Å². The molecule has 2 aromatic heterocycles. The van der Waals surface area contributed by atoms with Gasteiger partial charge in [-0.15, -0.1) is 5.10 Å². The van der Waals surface area contributed by atoms with E-state index in [0.29, 0.717) is 12.5 Å². The van der Waals surface area contributed by atoms with Gasteiger partial charge in [0.25, 0.3) is 0 Å². The highest BCUT2D eigenvalue weighted by atomic mass is 16.5. The third-order valence-corrected chi connectivity index (χ3v) is 4.31. The summed E-state index contributed by atoms with van der Waals surface area (Å²) in [5, 5.41) is 8.56. The molecule has 0 fully saturated rings. The zero-order valence-corrected chi connectivity index (χ0v) is 14.7. The molecule has 1 aliphatic heterocycles. The SMILES string of the molecule is CN(C)CCOCC1CN(Cc2cccnc2)Cc2nnn(C)c21. The Labute approximate surface area is 143 Å². The van der Waals surface area contributed by atoms with Gasteiger partial charge in [-0.2, -0.15) is 0 Å². The molecular weight excluding hydrogens is 304 g/mol. The van der Waals surface area contributed by atoms with E-state index in [0.717, 1.165) is 38.5 Å². The predicted octanol–water partition coefficient (Wildman–Crippen LogP) is 0.888. The number of ether oxygens (including phenoxy) is 1.